The second-order valence-electron chi connectivity index (χ2n) is 4.17. The molecule has 2 aromatic rings. The molecule has 90 valence electrons. The highest BCUT2D eigenvalue weighted by atomic mass is 32.1. The van der Waals surface area contributed by atoms with Gasteiger partial charge in [-0.15, -0.1) is 11.3 Å². The number of nitrogens with zero attached hydrogens (tertiary/aromatic N) is 1. The zero-order chi connectivity index (χ0) is 12.3. The molecule has 1 aromatic carbocycles. The van der Waals surface area contributed by atoms with Crippen LogP contribution in [0, 0.1) is 11.7 Å². The maximum Gasteiger partial charge on any atom is 0.133 e. The van der Waals surface area contributed by atoms with Gasteiger partial charge in [0.05, 0.1) is 5.69 Å². The van der Waals surface area contributed by atoms with Crippen LogP contribution in [-0.4, -0.2) is 11.5 Å². The summed E-state index contributed by atoms with van der Waals surface area (Å²) in [4.78, 5) is 4.45. The maximum atomic E-state index is 13.6. The Morgan fingerprint density at radius 1 is 1.41 bits per heavy atom. The van der Waals surface area contributed by atoms with Gasteiger partial charge in [0.1, 0.15) is 10.8 Å². The second kappa shape index (κ2) is 5.38. The van der Waals surface area contributed by atoms with Gasteiger partial charge < -0.3 is 5.73 Å². The third-order valence-electron chi connectivity index (χ3n) is 2.62. The van der Waals surface area contributed by atoms with Crippen molar-refractivity contribution in [2.24, 2.45) is 11.7 Å². The van der Waals surface area contributed by atoms with E-state index in [9.17, 15) is 4.39 Å². The lowest BCUT2D eigenvalue weighted by molar-refractivity contribution is 0.586. The molecule has 17 heavy (non-hydrogen) atoms. The van der Waals surface area contributed by atoms with E-state index in [2.05, 4.69) is 11.9 Å². The van der Waals surface area contributed by atoms with Crippen LogP contribution in [0.25, 0.3) is 10.6 Å². The van der Waals surface area contributed by atoms with Crippen molar-refractivity contribution in [1.82, 2.24) is 4.98 Å². The monoisotopic (exact) mass is 250 g/mol. The summed E-state index contributed by atoms with van der Waals surface area (Å²) in [7, 11) is 0. The maximum absolute atomic E-state index is 13.6. The van der Waals surface area contributed by atoms with E-state index >= 15 is 0 Å². The number of halogens is 1. The number of hydrogen-bond acceptors (Lipinski definition) is 3. The summed E-state index contributed by atoms with van der Waals surface area (Å²) in [5.41, 5.74) is 7.14. The molecule has 0 saturated carbocycles. The average molecular weight is 250 g/mol. The van der Waals surface area contributed by atoms with Gasteiger partial charge in [0, 0.05) is 10.9 Å². The largest absolute Gasteiger partial charge is 0.330 e. The van der Waals surface area contributed by atoms with Gasteiger partial charge in [-0.2, -0.15) is 0 Å². The van der Waals surface area contributed by atoms with Crippen LogP contribution in [0.15, 0.2) is 29.6 Å². The van der Waals surface area contributed by atoms with Crippen molar-refractivity contribution in [3.8, 4) is 10.6 Å². The Balaban J connectivity index is 2.21. The molecule has 0 spiro atoms. The van der Waals surface area contributed by atoms with E-state index < -0.39 is 0 Å². The number of hydrogen-bond donors (Lipinski definition) is 1. The topological polar surface area (TPSA) is 38.9 Å². The fourth-order valence-corrected chi connectivity index (χ4v) is 2.46. The smallest absolute Gasteiger partial charge is 0.133 e. The first kappa shape index (κ1) is 12.2. The van der Waals surface area contributed by atoms with Crippen LogP contribution in [0.2, 0.25) is 0 Å². The van der Waals surface area contributed by atoms with Crippen LogP contribution in [-0.2, 0) is 6.42 Å². The van der Waals surface area contributed by atoms with Gasteiger partial charge in [0.15, 0.2) is 0 Å². The molecule has 0 amide bonds. The Bertz CT molecular complexity index is 496. The Labute approximate surface area is 104 Å². The molecule has 1 unspecified atom stereocenters. The van der Waals surface area contributed by atoms with Gasteiger partial charge in [-0.1, -0.05) is 19.1 Å². The van der Waals surface area contributed by atoms with Gasteiger partial charge in [0.25, 0.3) is 0 Å². The van der Waals surface area contributed by atoms with E-state index in [0.29, 0.717) is 18.0 Å². The van der Waals surface area contributed by atoms with Crippen molar-refractivity contribution in [2.45, 2.75) is 13.3 Å². The molecule has 2 N–H and O–H groups in total. The first-order valence-electron chi connectivity index (χ1n) is 5.60. The third-order valence-corrected chi connectivity index (χ3v) is 3.54. The molecule has 0 aliphatic carbocycles. The minimum atomic E-state index is -0.222. The minimum Gasteiger partial charge on any atom is -0.330 e. The zero-order valence-electron chi connectivity index (χ0n) is 9.69. The lowest BCUT2D eigenvalue weighted by Crippen LogP contribution is -2.13. The van der Waals surface area contributed by atoms with Gasteiger partial charge in [-0.05, 0) is 31.0 Å². The van der Waals surface area contributed by atoms with E-state index in [4.69, 9.17) is 5.73 Å². The van der Waals surface area contributed by atoms with E-state index in [1.165, 1.54) is 17.4 Å². The molecule has 1 heterocycles. The van der Waals surface area contributed by atoms with Crippen LogP contribution in [0.5, 0.6) is 0 Å². The summed E-state index contributed by atoms with van der Waals surface area (Å²) in [6.45, 7) is 2.73. The summed E-state index contributed by atoms with van der Waals surface area (Å²) in [6.07, 6.45) is 0.849. The highest BCUT2D eigenvalue weighted by Gasteiger charge is 2.10. The Morgan fingerprint density at radius 3 is 2.88 bits per heavy atom. The van der Waals surface area contributed by atoms with E-state index in [-0.39, 0.29) is 5.82 Å². The first-order chi connectivity index (χ1) is 8.20. The summed E-state index contributed by atoms with van der Waals surface area (Å²) in [5, 5.41) is 2.72. The van der Waals surface area contributed by atoms with E-state index in [1.807, 2.05) is 11.4 Å². The molecule has 0 fully saturated rings. The third kappa shape index (κ3) is 2.90. The molecule has 1 aromatic heterocycles. The van der Waals surface area contributed by atoms with Crippen LogP contribution in [0.4, 0.5) is 4.39 Å². The van der Waals surface area contributed by atoms with Crippen molar-refractivity contribution in [3.63, 3.8) is 0 Å². The highest BCUT2D eigenvalue weighted by Crippen LogP contribution is 2.26. The summed E-state index contributed by atoms with van der Waals surface area (Å²) in [6, 6.07) is 6.72. The van der Waals surface area contributed by atoms with Gasteiger partial charge >= 0.3 is 0 Å². The molecule has 4 heteroatoms. The number of benzene rings is 1. The van der Waals surface area contributed by atoms with Crippen LogP contribution in [0.3, 0.4) is 0 Å². The lowest BCUT2D eigenvalue weighted by Gasteiger charge is -2.04. The van der Waals surface area contributed by atoms with Crippen molar-refractivity contribution in [2.75, 3.05) is 6.54 Å². The number of thiazole rings is 1. The van der Waals surface area contributed by atoms with Gasteiger partial charge in [-0.3, -0.25) is 0 Å². The molecular weight excluding hydrogens is 235 g/mol. The molecule has 0 aliphatic rings. The van der Waals surface area contributed by atoms with Crippen molar-refractivity contribution >= 4 is 11.3 Å². The van der Waals surface area contributed by atoms with Crippen LogP contribution < -0.4 is 5.73 Å². The molecule has 2 rings (SSSR count). The van der Waals surface area contributed by atoms with Crippen molar-refractivity contribution in [3.05, 3.63) is 41.2 Å². The summed E-state index contributed by atoms with van der Waals surface area (Å²) >= 11 is 1.48. The van der Waals surface area contributed by atoms with Crippen molar-refractivity contribution < 1.29 is 4.39 Å². The SMILES string of the molecule is CC(CN)Cc1csc(-c2ccccc2F)n1. The fourth-order valence-electron chi connectivity index (χ4n) is 1.60. The molecule has 1 atom stereocenters. The molecular formula is C13H15FN2S. The second-order valence-corrected chi connectivity index (χ2v) is 5.03. The fraction of sp³-hybridized carbons (Fsp3) is 0.308. The molecule has 0 saturated heterocycles. The normalized spacial score (nSPS) is 12.6. The van der Waals surface area contributed by atoms with Crippen molar-refractivity contribution in [1.29, 1.82) is 0 Å². The van der Waals surface area contributed by atoms with Gasteiger partial charge in [-0.25, -0.2) is 9.37 Å². The van der Waals surface area contributed by atoms with Crippen LogP contribution in [0.1, 0.15) is 12.6 Å². The highest BCUT2D eigenvalue weighted by molar-refractivity contribution is 7.13. The molecule has 0 bridgehead atoms. The predicted molar refractivity (Wildman–Crippen MR) is 69.4 cm³/mol. The predicted octanol–water partition coefficient (Wildman–Crippen LogP) is 3.09. The Kier molecular flexibility index (Phi) is 3.86. The summed E-state index contributed by atoms with van der Waals surface area (Å²) in [5.74, 6) is 0.186. The molecule has 2 nitrogen and oxygen atoms in total. The van der Waals surface area contributed by atoms with E-state index in [1.54, 1.807) is 12.1 Å². The Hall–Kier alpha value is -1.26. The zero-order valence-corrected chi connectivity index (χ0v) is 10.5. The minimum absolute atomic E-state index is 0.222. The van der Waals surface area contributed by atoms with Crippen LogP contribution >= 0.6 is 11.3 Å². The number of nitrogens with two attached hydrogens (primary N) is 1. The average Bonchev–Trinajstić information content (AvgIpc) is 2.78. The standard InChI is InChI=1S/C13H15FN2S/c1-9(7-15)6-10-8-17-13(16-10)11-4-2-3-5-12(11)14/h2-5,8-9H,6-7,15H2,1H3. The number of aromatic nitrogens is 1. The van der Waals surface area contributed by atoms with Gasteiger partial charge in [0.2, 0.25) is 0 Å². The Morgan fingerprint density at radius 2 is 2.18 bits per heavy atom. The first-order valence-corrected chi connectivity index (χ1v) is 6.48. The lowest BCUT2D eigenvalue weighted by atomic mass is 10.1. The quantitative estimate of drug-likeness (QED) is 0.905. The summed E-state index contributed by atoms with van der Waals surface area (Å²) < 4.78 is 13.6. The molecule has 0 radical (unpaired) electrons. The van der Waals surface area contributed by atoms with E-state index in [0.717, 1.165) is 17.1 Å². The molecule has 0 aliphatic heterocycles. The number of rotatable bonds is 4.